The molecule has 1 heterocycles. The molecule has 0 unspecified atom stereocenters. The Morgan fingerprint density at radius 2 is 2.25 bits per heavy atom. The molecule has 3 nitrogen and oxygen atoms in total. The average Bonchev–Trinajstić information content (AvgIpc) is 2.25. The fraction of sp³-hybridized carbons (Fsp3) is 0.625. The van der Waals surface area contributed by atoms with Crippen LogP contribution in [0.25, 0.3) is 0 Å². The van der Waals surface area contributed by atoms with Gasteiger partial charge in [0.1, 0.15) is 10.4 Å². The smallest absolute Gasteiger partial charge is 0.127 e. The molecule has 0 spiro atoms. The Morgan fingerprint density at radius 1 is 1.58 bits per heavy atom. The van der Waals surface area contributed by atoms with Gasteiger partial charge in [-0.05, 0) is 29.9 Å². The van der Waals surface area contributed by atoms with E-state index in [0.29, 0.717) is 0 Å². The average molecular weight is 232 g/mol. The van der Waals surface area contributed by atoms with Gasteiger partial charge >= 0.3 is 0 Å². The highest BCUT2D eigenvalue weighted by Gasteiger charge is 2.07. The van der Waals surface area contributed by atoms with Crippen molar-refractivity contribution in [1.82, 2.24) is 14.9 Å². The fourth-order valence-corrected chi connectivity index (χ4v) is 1.85. The van der Waals surface area contributed by atoms with Crippen LogP contribution in [-0.2, 0) is 13.5 Å². The largest absolute Gasteiger partial charge is 0.334 e. The number of imidazole rings is 1. The van der Waals surface area contributed by atoms with E-state index in [0.717, 1.165) is 23.4 Å². The fourth-order valence-electron chi connectivity index (χ4n) is 1.13. The maximum atomic E-state index is 4.32. The molecule has 1 aromatic rings. The number of hydrogen-bond donors (Lipinski definition) is 1. The zero-order valence-corrected chi connectivity index (χ0v) is 9.27. The summed E-state index contributed by atoms with van der Waals surface area (Å²) in [4.78, 5) is 4.32. The Labute approximate surface area is 81.3 Å². The molecule has 0 saturated carbocycles. The Bertz CT molecular complexity index is 268. The van der Waals surface area contributed by atoms with E-state index in [2.05, 4.69) is 30.8 Å². The summed E-state index contributed by atoms with van der Waals surface area (Å²) in [5.41, 5.74) is 1.25. The van der Waals surface area contributed by atoms with Crippen LogP contribution >= 0.6 is 15.9 Å². The number of halogens is 1. The molecular weight excluding hydrogens is 218 g/mol. The van der Waals surface area contributed by atoms with Crippen LogP contribution in [0.5, 0.6) is 0 Å². The highest BCUT2D eigenvalue weighted by atomic mass is 79.9. The summed E-state index contributed by atoms with van der Waals surface area (Å²) in [6.45, 7) is 2.99. The molecule has 1 N–H and O–H groups in total. The second-order valence-electron chi connectivity index (χ2n) is 2.81. The van der Waals surface area contributed by atoms with Gasteiger partial charge in [0, 0.05) is 20.0 Å². The first-order chi connectivity index (χ1) is 5.66. The van der Waals surface area contributed by atoms with Crippen LogP contribution < -0.4 is 5.32 Å². The Balaban J connectivity index is 2.82. The summed E-state index contributed by atoms with van der Waals surface area (Å²) in [5, 5.41) is 3.12. The van der Waals surface area contributed by atoms with Gasteiger partial charge in [-0.25, -0.2) is 4.98 Å². The molecule has 0 amide bonds. The number of likely N-dealkylation sites (N-methyl/N-ethyl adjacent to an activating group) is 1. The second kappa shape index (κ2) is 4.05. The van der Waals surface area contributed by atoms with E-state index < -0.39 is 0 Å². The molecule has 1 rings (SSSR count). The predicted octanol–water partition coefficient (Wildman–Crippen LogP) is 1.25. The molecule has 0 atom stereocenters. The van der Waals surface area contributed by atoms with E-state index in [1.807, 2.05) is 21.0 Å². The third kappa shape index (κ3) is 1.87. The van der Waals surface area contributed by atoms with Gasteiger partial charge in [0.15, 0.2) is 0 Å². The molecule has 0 aliphatic heterocycles. The maximum absolute atomic E-state index is 4.32. The van der Waals surface area contributed by atoms with Crippen molar-refractivity contribution >= 4 is 15.9 Å². The second-order valence-corrected chi connectivity index (χ2v) is 3.56. The minimum Gasteiger partial charge on any atom is -0.334 e. The lowest BCUT2D eigenvalue weighted by Gasteiger charge is -2.03. The Kier molecular flexibility index (Phi) is 3.29. The van der Waals surface area contributed by atoms with Gasteiger partial charge in [0.05, 0.1) is 5.69 Å². The van der Waals surface area contributed by atoms with Gasteiger partial charge in [0.2, 0.25) is 0 Å². The molecule has 0 aliphatic rings. The van der Waals surface area contributed by atoms with Gasteiger partial charge in [-0.2, -0.15) is 0 Å². The third-order valence-electron chi connectivity index (χ3n) is 2.00. The summed E-state index contributed by atoms with van der Waals surface area (Å²) in [5.74, 6) is 1.05. The van der Waals surface area contributed by atoms with Crippen LogP contribution in [0.2, 0.25) is 0 Å². The van der Waals surface area contributed by atoms with Crippen molar-refractivity contribution < 1.29 is 0 Å². The van der Waals surface area contributed by atoms with E-state index in [1.165, 1.54) is 5.69 Å². The molecule has 0 aliphatic carbocycles. The predicted molar refractivity (Wildman–Crippen MR) is 53.3 cm³/mol. The van der Waals surface area contributed by atoms with Gasteiger partial charge in [-0.3, -0.25) is 0 Å². The Morgan fingerprint density at radius 3 is 2.67 bits per heavy atom. The number of rotatable bonds is 3. The molecule has 1 aromatic heterocycles. The quantitative estimate of drug-likeness (QED) is 0.850. The van der Waals surface area contributed by atoms with Gasteiger partial charge in [-0.15, -0.1) is 0 Å². The first-order valence-electron chi connectivity index (χ1n) is 3.99. The zero-order valence-electron chi connectivity index (χ0n) is 7.69. The minimum absolute atomic E-state index is 0.970. The number of nitrogens with one attached hydrogen (secondary N) is 1. The minimum atomic E-state index is 0.970. The molecule has 0 radical (unpaired) electrons. The van der Waals surface area contributed by atoms with Crippen molar-refractivity contribution in [1.29, 1.82) is 0 Å². The summed E-state index contributed by atoms with van der Waals surface area (Å²) < 4.78 is 3.08. The van der Waals surface area contributed by atoms with Crippen molar-refractivity contribution in [2.24, 2.45) is 7.05 Å². The van der Waals surface area contributed by atoms with Gasteiger partial charge in [-0.1, -0.05) is 0 Å². The monoisotopic (exact) mass is 231 g/mol. The maximum Gasteiger partial charge on any atom is 0.127 e. The number of hydrogen-bond acceptors (Lipinski definition) is 2. The van der Waals surface area contributed by atoms with E-state index in [-0.39, 0.29) is 0 Å². The van der Waals surface area contributed by atoms with Crippen LogP contribution in [0.3, 0.4) is 0 Å². The standard InChI is InChI=1S/C8H14BrN3/c1-6-11-8(9)7(12(6)3)4-5-10-2/h10H,4-5H2,1-3H3. The normalized spacial score (nSPS) is 10.7. The summed E-state index contributed by atoms with van der Waals surface area (Å²) >= 11 is 3.44. The van der Waals surface area contributed by atoms with Crippen molar-refractivity contribution in [3.05, 3.63) is 16.1 Å². The van der Waals surface area contributed by atoms with E-state index >= 15 is 0 Å². The van der Waals surface area contributed by atoms with E-state index in [4.69, 9.17) is 0 Å². The first kappa shape index (κ1) is 9.74. The molecule has 0 fully saturated rings. The molecule has 0 saturated heterocycles. The highest BCUT2D eigenvalue weighted by Crippen LogP contribution is 2.16. The lowest BCUT2D eigenvalue weighted by atomic mass is 10.3. The van der Waals surface area contributed by atoms with Crippen LogP contribution in [0.15, 0.2) is 4.60 Å². The molecule has 4 heteroatoms. The van der Waals surface area contributed by atoms with Crippen molar-refractivity contribution in [3.8, 4) is 0 Å². The topological polar surface area (TPSA) is 29.9 Å². The summed E-state index contributed by atoms with van der Waals surface area (Å²) in [6, 6.07) is 0. The zero-order chi connectivity index (χ0) is 9.14. The molecule has 0 aromatic carbocycles. The number of nitrogens with zero attached hydrogens (tertiary/aromatic N) is 2. The van der Waals surface area contributed by atoms with Gasteiger partial charge in [0.25, 0.3) is 0 Å². The van der Waals surface area contributed by atoms with Crippen molar-refractivity contribution in [3.63, 3.8) is 0 Å². The van der Waals surface area contributed by atoms with Crippen molar-refractivity contribution in [2.75, 3.05) is 13.6 Å². The van der Waals surface area contributed by atoms with Crippen LogP contribution in [-0.4, -0.2) is 23.1 Å². The Hall–Kier alpha value is -0.350. The number of aromatic nitrogens is 2. The molecule has 0 bridgehead atoms. The third-order valence-corrected chi connectivity index (χ3v) is 2.64. The number of aryl methyl sites for hydroxylation is 1. The van der Waals surface area contributed by atoms with Crippen molar-refractivity contribution in [2.45, 2.75) is 13.3 Å². The molecule has 68 valence electrons. The SMILES string of the molecule is CNCCc1c(Br)nc(C)n1C. The van der Waals surface area contributed by atoms with Gasteiger partial charge < -0.3 is 9.88 Å². The summed E-state index contributed by atoms with van der Waals surface area (Å²) in [7, 11) is 4.00. The molecular formula is C8H14BrN3. The van der Waals surface area contributed by atoms with Crippen LogP contribution in [0.1, 0.15) is 11.5 Å². The molecule has 12 heavy (non-hydrogen) atoms. The first-order valence-corrected chi connectivity index (χ1v) is 4.78. The van der Waals surface area contributed by atoms with Crippen LogP contribution in [0, 0.1) is 6.92 Å². The lowest BCUT2D eigenvalue weighted by molar-refractivity contribution is 0.724. The highest BCUT2D eigenvalue weighted by molar-refractivity contribution is 9.10. The summed E-state index contributed by atoms with van der Waals surface area (Å²) in [6.07, 6.45) is 1.01. The van der Waals surface area contributed by atoms with E-state index in [9.17, 15) is 0 Å². The van der Waals surface area contributed by atoms with E-state index in [1.54, 1.807) is 0 Å². The van der Waals surface area contributed by atoms with Crippen LogP contribution in [0.4, 0.5) is 0 Å². The lowest BCUT2D eigenvalue weighted by Crippen LogP contribution is -2.12.